The molecule has 8 heteroatoms. The lowest BCUT2D eigenvalue weighted by Gasteiger charge is -2.33. The third-order valence-electron chi connectivity index (χ3n) is 6.44. The number of nitrogens with zero attached hydrogens (tertiary/aromatic N) is 3. The second kappa shape index (κ2) is 11.0. The van der Waals surface area contributed by atoms with E-state index in [1.807, 2.05) is 17.0 Å². The SMILES string of the molecule is C=CCN(C(=O)c1ccc2c(c1)nc(NC(=O)c1ccccc1)n2CCC(N)=O)C1CCCCC1. The molecule has 1 fully saturated rings. The van der Waals surface area contributed by atoms with E-state index < -0.39 is 5.91 Å². The molecule has 2 aromatic carbocycles. The highest BCUT2D eigenvalue weighted by molar-refractivity contribution is 6.04. The Bertz CT molecular complexity index is 1230. The van der Waals surface area contributed by atoms with Gasteiger partial charge < -0.3 is 15.2 Å². The lowest BCUT2D eigenvalue weighted by Crippen LogP contribution is -2.41. The summed E-state index contributed by atoms with van der Waals surface area (Å²) in [7, 11) is 0. The Kier molecular flexibility index (Phi) is 7.60. The van der Waals surface area contributed by atoms with Crippen molar-refractivity contribution in [1.29, 1.82) is 0 Å². The van der Waals surface area contributed by atoms with E-state index in [0.717, 1.165) is 25.7 Å². The van der Waals surface area contributed by atoms with Gasteiger partial charge in [-0.1, -0.05) is 43.5 Å². The average molecular weight is 474 g/mol. The molecule has 3 amide bonds. The third kappa shape index (κ3) is 5.59. The Morgan fingerprint density at radius 1 is 1.09 bits per heavy atom. The molecule has 1 aliphatic carbocycles. The molecule has 0 unspecified atom stereocenters. The highest BCUT2D eigenvalue weighted by Gasteiger charge is 2.26. The monoisotopic (exact) mass is 473 g/mol. The van der Waals surface area contributed by atoms with Gasteiger partial charge in [-0.15, -0.1) is 6.58 Å². The van der Waals surface area contributed by atoms with Crippen LogP contribution in [0.2, 0.25) is 0 Å². The Morgan fingerprint density at radius 3 is 2.51 bits per heavy atom. The number of hydrogen-bond acceptors (Lipinski definition) is 4. The van der Waals surface area contributed by atoms with Crippen molar-refractivity contribution in [2.45, 2.75) is 51.1 Å². The number of benzene rings is 2. The van der Waals surface area contributed by atoms with Crippen LogP contribution in [0.5, 0.6) is 0 Å². The number of imidazole rings is 1. The van der Waals surface area contributed by atoms with Gasteiger partial charge in [-0.25, -0.2) is 4.98 Å². The first-order valence-corrected chi connectivity index (χ1v) is 12.0. The largest absolute Gasteiger partial charge is 0.370 e. The second-order valence-electron chi connectivity index (χ2n) is 8.87. The van der Waals surface area contributed by atoms with Crippen LogP contribution in [0.25, 0.3) is 11.0 Å². The van der Waals surface area contributed by atoms with Crippen molar-refractivity contribution < 1.29 is 14.4 Å². The van der Waals surface area contributed by atoms with Crippen LogP contribution in [0, 0.1) is 0 Å². The van der Waals surface area contributed by atoms with Gasteiger partial charge in [0.05, 0.1) is 11.0 Å². The van der Waals surface area contributed by atoms with E-state index in [1.54, 1.807) is 47.0 Å². The molecule has 0 spiro atoms. The van der Waals surface area contributed by atoms with E-state index in [9.17, 15) is 14.4 Å². The molecule has 0 radical (unpaired) electrons. The summed E-state index contributed by atoms with van der Waals surface area (Å²) >= 11 is 0. The number of fused-ring (bicyclic) bond motifs is 1. The molecule has 3 N–H and O–H groups in total. The van der Waals surface area contributed by atoms with Crippen LogP contribution in [-0.2, 0) is 11.3 Å². The van der Waals surface area contributed by atoms with Crippen LogP contribution >= 0.6 is 0 Å². The molecule has 0 aliphatic heterocycles. The fourth-order valence-corrected chi connectivity index (χ4v) is 4.67. The first kappa shape index (κ1) is 24.2. The van der Waals surface area contributed by atoms with E-state index in [-0.39, 0.29) is 30.8 Å². The smallest absolute Gasteiger partial charge is 0.257 e. The highest BCUT2D eigenvalue weighted by atomic mass is 16.2. The van der Waals surface area contributed by atoms with Gasteiger partial charge in [0.15, 0.2) is 0 Å². The van der Waals surface area contributed by atoms with Gasteiger partial charge in [0.2, 0.25) is 11.9 Å². The molecular weight excluding hydrogens is 442 g/mol. The van der Waals surface area contributed by atoms with E-state index >= 15 is 0 Å². The van der Waals surface area contributed by atoms with Crippen molar-refractivity contribution in [3.63, 3.8) is 0 Å². The first-order valence-electron chi connectivity index (χ1n) is 12.0. The molecule has 8 nitrogen and oxygen atoms in total. The van der Waals surface area contributed by atoms with Crippen LogP contribution in [0.4, 0.5) is 5.95 Å². The molecule has 35 heavy (non-hydrogen) atoms. The molecule has 1 saturated carbocycles. The molecule has 0 saturated heterocycles. The summed E-state index contributed by atoms with van der Waals surface area (Å²) in [6.45, 7) is 4.59. The third-order valence-corrected chi connectivity index (χ3v) is 6.44. The average Bonchev–Trinajstić information content (AvgIpc) is 3.22. The molecular formula is C27H31N5O3. The Morgan fingerprint density at radius 2 is 1.83 bits per heavy atom. The van der Waals surface area contributed by atoms with Crippen molar-refractivity contribution in [2.75, 3.05) is 11.9 Å². The standard InChI is InChI=1S/C27H31N5O3/c1-2-16-31(21-11-7-4-8-12-21)26(35)20-13-14-23-22(18-20)29-27(32(23)17-15-24(28)33)30-25(34)19-9-5-3-6-10-19/h2-3,5-6,9-10,13-14,18,21H,1,4,7-8,11-12,15-17H2,(H2,28,33)(H,29,30,34). The van der Waals surface area contributed by atoms with Gasteiger partial charge in [0.25, 0.3) is 11.8 Å². The van der Waals surface area contributed by atoms with E-state index in [4.69, 9.17) is 5.73 Å². The van der Waals surface area contributed by atoms with Gasteiger partial charge in [0.1, 0.15) is 0 Å². The molecule has 4 rings (SSSR count). The maximum absolute atomic E-state index is 13.5. The predicted octanol–water partition coefficient (Wildman–Crippen LogP) is 4.12. The van der Waals surface area contributed by atoms with Crippen molar-refractivity contribution in [2.24, 2.45) is 5.73 Å². The van der Waals surface area contributed by atoms with Crippen LogP contribution in [0.1, 0.15) is 59.2 Å². The van der Waals surface area contributed by atoms with E-state index in [0.29, 0.717) is 34.7 Å². The van der Waals surface area contributed by atoms with Gasteiger partial charge in [-0.3, -0.25) is 19.7 Å². The molecule has 0 bridgehead atoms. The highest BCUT2D eigenvalue weighted by Crippen LogP contribution is 2.26. The summed E-state index contributed by atoms with van der Waals surface area (Å²) in [6, 6.07) is 14.4. The summed E-state index contributed by atoms with van der Waals surface area (Å²) in [4.78, 5) is 44.2. The Labute approximate surface area is 204 Å². The number of carbonyl (C=O) groups excluding carboxylic acids is 3. The number of rotatable bonds is 9. The number of amides is 3. The molecule has 1 heterocycles. The molecule has 182 valence electrons. The molecule has 1 aliphatic rings. The van der Waals surface area contributed by atoms with Crippen molar-refractivity contribution >= 4 is 34.7 Å². The minimum absolute atomic E-state index is 0.0553. The number of nitrogens with two attached hydrogens (primary N) is 1. The summed E-state index contributed by atoms with van der Waals surface area (Å²) in [5, 5.41) is 2.84. The Balaban J connectivity index is 1.66. The zero-order valence-electron chi connectivity index (χ0n) is 19.8. The van der Waals surface area contributed by atoms with Gasteiger partial charge >= 0.3 is 0 Å². The summed E-state index contributed by atoms with van der Waals surface area (Å²) in [5.41, 5.74) is 7.67. The van der Waals surface area contributed by atoms with Crippen LogP contribution in [0.3, 0.4) is 0 Å². The fraction of sp³-hybridized carbons (Fsp3) is 0.333. The number of aryl methyl sites for hydroxylation is 1. The predicted molar refractivity (Wildman–Crippen MR) is 136 cm³/mol. The minimum atomic E-state index is -0.452. The number of carbonyl (C=O) groups is 3. The normalized spacial score (nSPS) is 13.9. The number of hydrogen-bond donors (Lipinski definition) is 2. The topological polar surface area (TPSA) is 110 Å². The molecule has 3 aromatic rings. The zero-order valence-corrected chi connectivity index (χ0v) is 19.8. The first-order chi connectivity index (χ1) is 17.0. The molecule has 0 atom stereocenters. The molecule has 1 aromatic heterocycles. The van der Waals surface area contributed by atoms with E-state index in [1.165, 1.54) is 6.42 Å². The van der Waals surface area contributed by atoms with Gasteiger partial charge in [0, 0.05) is 36.7 Å². The van der Waals surface area contributed by atoms with E-state index in [2.05, 4.69) is 16.9 Å². The van der Waals surface area contributed by atoms with Gasteiger partial charge in [-0.05, 0) is 43.2 Å². The van der Waals surface area contributed by atoms with Crippen molar-refractivity contribution in [1.82, 2.24) is 14.5 Å². The number of nitrogens with one attached hydrogen (secondary N) is 1. The number of primary amides is 1. The summed E-state index contributed by atoms with van der Waals surface area (Å²) < 4.78 is 1.75. The zero-order chi connectivity index (χ0) is 24.8. The van der Waals surface area contributed by atoms with Crippen LogP contribution in [-0.4, -0.2) is 44.8 Å². The van der Waals surface area contributed by atoms with Crippen LogP contribution < -0.4 is 11.1 Å². The summed E-state index contributed by atoms with van der Waals surface area (Å²) in [6.07, 6.45) is 7.31. The fourth-order valence-electron chi connectivity index (χ4n) is 4.67. The number of anilines is 1. The minimum Gasteiger partial charge on any atom is -0.370 e. The maximum Gasteiger partial charge on any atom is 0.257 e. The summed E-state index contributed by atoms with van der Waals surface area (Å²) in [5.74, 6) is -0.520. The maximum atomic E-state index is 13.5. The second-order valence-corrected chi connectivity index (χ2v) is 8.87. The Hall–Kier alpha value is -3.94. The lowest BCUT2D eigenvalue weighted by molar-refractivity contribution is -0.118. The number of aromatic nitrogens is 2. The lowest BCUT2D eigenvalue weighted by atomic mass is 9.93. The van der Waals surface area contributed by atoms with Crippen LogP contribution in [0.15, 0.2) is 61.2 Å². The van der Waals surface area contributed by atoms with Crippen molar-refractivity contribution in [3.8, 4) is 0 Å². The quantitative estimate of drug-likeness (QED) is 0.455. The van der Waals surface area contributed by atoms with Crippen molar-refractivity contribution in [3.05, 3.63) is 72.3 Å². The van der Waals surface area contributed by atoms with Gasteiger partial charge in [-0.2, -0.15) is 0 Å².